The first-order chi connectivity index (χ1) is 21.2. The summed E-state index contributed by atoms with van der Waals surface area (Å²) in [4.78, 5) is 4.44. The van der Waals surface area contributed by atoms with E-state index in [1.165, 1.54) is 24.0 Å². The van der Waals surface area contributed by atoms with Crippen LogP contribution in [0.4, 0.5) is 0 Å². The molecule has 0 aliphatic carbocycles. The second-order valence-corrected chi connectivity index (χ2v) is 17.9. The largest absolute Gasteiger partial charge is 3.00 e. The maximum Gasteiger partial charge on any atom is 3.00 e. The molecule has 1 saturated heterocycles. The number of nitrogens with zero attached hydrogens (tertiary/aromatic N) is 2. The summed E-state index contributed by atoms with van der Waals surface area (Å²) in [5, 5.41) is 37.0. The van der Waals surface area contributed by atoms with Crippen molar-refractivity contribution in [1.82, 2.24) is 9.80 Å². The molecule has 1 heterocycles. The Kier molecular flexibility index (Phi) is 19.1. The van der Waals surface area contributed by atoms with Crippen molar-refractivity contribution >= 4 is 0 Å². The van der Waals surface area contributed by atoms with Crippen molar-refractivity contribution in [3.63, 3.8) is 0 Å². The standard InChI is InChI=1S/C34H56N2O2.C4H8O.C3H7O.Y/c1-31(2,3)25-17-23(29(37)27(19-25)33(7,8)9)21-36(16-15-35(13)14)22-24-18-26(32(4,5)6)20-28(30(24)38)34(10,11)12;1-2-4-5-3-1;1-3(2)4;/h17-20,37-38H,15-16,21-22H2,1-14H3;1-4H2;3H,1-2H3;/q;;-1;+3/p-2. The molecule has 0 radical (unpaired) electrons. The third kappa shape index (κ3) is 16.3. The Labute approximate surface area is 320 Å². The van der Waals surface area contributed by atoms with E-state index in [1.807, 2.05) is 0 Å². The molecule has 2 aromatic carbocycles. The smallest absolute Gasteiger partial charge is 0.872 e. The quantitative estimate of drug-likeness (QED) is 0.300. The normalized spacial score (nSPS) is 14.0. The SMILES string of the molecule is C1CCOC1.CC(C)[O-].CN(C)CCN(Cc1cc(C(C)(C)C)cc(C(C)(C)C)c1[O-])Cc1cc(C(C)(C)C)cc(C(C)(C)C)c1[O-].[Y+3]. The van der Waals surface area contributed by atoms with Crippen molar-refractivity contribution in [2.24, 2.45) is 0 Å². The number of benzene rings is 2. The summed E-state index contributed by atoms with van der Waals surface area (Å²) in [7, 11) is 4.12. The van der Waals surface area contributed by atoms with Crippen LogP contribution in [0.25, 0.3) is 0 Å². The van der Waals surface area contributed by atoms with Crippen LogP contribution in [-0.2, 0) is 72.2 Å². The molecule has 1 aliphatic rings. The van der Waals surface area contributed by atoms with Crippen molar-refractivity contribution in [3.05, 3.63) is 57.6 Å². The maximum absolute atomic E-state index is 13.8. The third-order valence-electron chi connectivity index (χ3n) is 8.16. The Morgan fingerprint density at radius 2 is 0.958 bits per heavy atom. The van der Waals surface area contributed by atoms with E-state index in [2.05, 4.69) is 131 Å². The van der Waals surface area contributed by atoms with Crippen molar-refractivity contribution < 1.29 is 52.8 Å². The van der Waals surface area contributed by atoms with Crippen LogP contribution in [0.5, 0.6) is 11.5 Å². The molecule has 0 saturated carbocycles. The van der Waals surface area contributed by atoms with E-state index in [0.717, 1.165) is 48.6 Å². The molecule has 0 atom stereocenters. The van der Waals surface area contributed by atoms with Gasteiger partial charge in [-0.25, -0.2) is 0 Å². The minimum absolute atomic E-state index is 0. The minimum atomic E-state index is -0.417. The van der Waals surface area contributed by atoms with Gasteiger partial charge in [0, 0.05) is 39.4 Å². The van der Waals surface area contributed by atoms with Gasteiger partial charge >= 0.3 is 32.7 Å². The molecule has 1 fully saturated rings. The minimum Gasteiger partial charge on any atom is -0.872 e. The summed E-state index contributed by atoms with van der Waals surface area (Å²) in [6.07, 6.45) is 2.14. The van der Waals surface area contributed by atoms with Crippen LogP contribution in [0, 0.1) is 0 Å². The molecule has 0 amide bonds. The number of likely N-dealkylation sites (N-methyl/N-ethyl adjacent to an activating group) is 1. The number of rotatable bonds is 7. The van der Waals surface area contributed by atoms with Crippen LogP contribution in [0.3, 0.4) is 0 Å². The first kappa shape index (κ1) is 47.0. The zero-order chi connectivity index (χ0) is 36.5. The monoisotopic (exact) mass is 742 g/mol. The van der Waals surface area contributed by atoms with Crippen LogP contribution in [0.1, 0.15) is 143 Å². The van der Waals surface area contributed by atoms with Crippen molar-refractivity contribution in [1.29, 1.82) is 0 Å². The number of ether oxygens (including phenoxy) is 1. The summed E-state index contributed by atoms with van der Waals surface area (Å²) < 4.78 is 4.94. The molecule has 0 N–H and O–H groups in total. The van der Waals surface area contributed by atoms with Gasteiger partial charge in [0.05, 0.1) is 0 Å². The van der Waals surface area contributed by atoms with Gasteiger partial charge in [-0.05, 0) is 82.0 Å². The van der Waals surface area contributed by atoms with Crippen LogP contribution in [0.2, 0.25) is 0 Å². The molecule has 1 aliphatic heterocycles. The van der Waals surface area contributed by atoms with E-state index in [0.29, 0.717) is 13.1 Å². The Morgan fingerprint density at radius 1 is 0.625 bits per heavy atom. The van der Waals surface area contributed by atoms with E-state index in [9.17, 15) is 15.3 Å². The van der Waals surface area contributed by atoms with E-state index in [-0.39, 0.29) is 65.9 Å². The van der Waals surface area contributed by atoms with Crippen LogP contribution >= 0.6 is 0 Å². The molecular weight excluding hydrogens is 673 g/mol. The van der Waals surface area contributed by atoms with Gasteiger partial charge in [-0.2, -0.15) is 0 Å². The van der Waals surface area contributed by atoms with Crippen LogP contribution in [-0.4, -0.2) is 56.3 Å². The molecule has 7 heteroatoms. The van der Waals surface area contributed by atoms with Gasteiger partial charge < -0.3 is 25.0 Å². The molecular formula is C41H69N2O4Y. The Bertz CT molecular complexity index is 1150. The molecule has 48 heavy (non-hydrogen) atoms. The first-order valence-electron chi connectivity index (χ1n) is 17.6. The van der Waals surface area contributed by atoms with Crippen molar-refractivity contribution in [2.45, 2.75) is 151 Å². The average molecular weight is 743 g/mol. The predicted molar refractivity (Wildman–Crippen MR) is 194 cm³/mol. The Balaban J connectivity index is 0.00000192. The topological polar surface area (TPSA) is 84.9 Å². The second-order valence-electron chi connectivity index (χ2n) is 17.9. The Morgan fingerprint density at radius 3 is 1.19 bits per heavy atom. The molecule has 0 spiro atoms. The van der Waals surface area contributed by atoms with Gasteiger partial charge in [-0.15, -0.1) is 17.6 Å². The fourth-order valence-electron chi connectivity index (χ4n) is 5.14. The van der Waals surface area contributed by atoms with Gasteiger partial charge in [-0.1, -0.05) is 121 Å². The zero-order valence-electron chi connectivity index (χ0n) is 33.6. The van der Waals surface area contributed by atoms with Gasteiger partial charge in [0.1, 0.15) is 0 Å². The van der Waals surface area contributed by atoms with E-state index >= 15 is 0 Å². The third-order valence-corrected chi connectivity index (χ3v) is 8.16. The van der Waals surface area contributed by atoms with Gasteiger partial charge in [0.15, 0.2) is 0 Å². The molecule has 0 aromatic heterocycles. The summed E-state index contributed by atoms with van der Waals surface area (Å²) in [6.45, 7) is 33.7. The molecule has 2 aromatic rings. The van der Waals surface area contributed by atoms with Gasteiger partial charge in [0.2, 0.25) is 0 Å². The molecule has 270 valence electrons. The van der Waals surface area contributed by atoms with Gasteiger partial charge in [0.25, 0.3) is 0 Å². The fourth-order valence-corrected chi connectivity index (χ4v) is 5.14. The van der Waals surface area contributed by atoms with Crippen LogP contribution in [0.15, 0.2) is 24.3 Å². The number of hydrogen-bond donors (Lipinski definition) is 0. The predicted octanol–water partition coefficient (Wildman–Crippen LogP) is 7.14. The average Bonchev–Trinajstić information content (AvgIpc) is 3.47. The molecule has 3 rings (SSSR count). The second kappa shape index (κ2) is 19.6. The number of hydrogen-bond acceptors (Lipinski definition) is 6. The first-order valence-corrected chi connectivity index (χ1v) is 17.6. The van der Waals surface area contributed by atoms with E-state index in [4.69, 9.17) is 4.74 Å². The van der Waals surface area contributed by atoms with Crippen LogP contribution < -0.4 is 15.3 Å². The fraction of sp³-hybridized carbons (Fsp3) is 0.707. The molecule has 6 nitrogen and oxygen atoms in total. The summed E-state index contributed by atoms with van der Waals surface area (Å²) in [5.41, 5.74) is 5.09. The molecule has 0 bridgehead atoms. The summed E-state index contributed by atoms with van der Waals surface area (Å²) in [6, 6.07) is 8.41. The van der Waals surface area contributed by atoms with Gasteiger partial charge in [-0.3, -0.25) is 4.90 Å². The summed E-state index contributed by atoms with van der Waals surface area (Å²) >= 11 is 0. The maximum atomic E-state index is 13.8. The molecule has 0 unspecified atom stereocenters. The Hall–Kier alpha value is -1.02. The van der Waals surface area contributed by atoms with E-state index in [1.54, 1.807) is 13.8 Å². The van der Waals surface area contributed by atoms with Crippen molar-refractivity contribution in [3.8, 4) is 11.5 Å². The van der Waals surface area contributed by atoms with Crippen molar-refractivity contribution in [2.75, 3.05) is 40.4 Å². The zero-order valence-corrected chi connectivity index (χ0v) is 36.5. The summed E-state index contributed by atoms with van der Waals surface area (Å²) in [5.74, 6) is 0.253. The van der Waals surface area contributed by atoms with E-state index < -0.39 is 6.10 Å².